The number of pyridine rings is 1. The van der Waals surface area contributed by atoms with Gasteiger partial charge in [-0.15, -0.1) is 10.2 Å². The number of hydrogen-bond donors (Lipinski definition) is 0. The minimum Gasteiger partial charge on any atom is -0.332 e. The van der Waals surface area contributed by atoms with Crippen molar-refractivity contribution >= 4 is 22.5 Å². The van der Waals surface area contributed by atoms with Gasteiger partial charge in [0.05, 0.1) is 11.2 Å². The number of nitrogens with zero attached hydrogens (tertiary/aromatic N) is 6. The molecule has 6 rings (SSSR count). The molecule has 1 amide bonds. The largest absolute Gasteiger partial charge is 0.332 e. The van der Waals surface area contributed by atoms with Gasteiger partial charge in [-0.25, -0.2) is 0 Å². The Morgan fingerprint density at radius 2 is 1.91 bits per heavy atom. The molecule has 33 heavy (non-hydrogen) atoms. The Labute approximate surface area is 190 Å². The summed E-state index contributed by atoms with van der Waals surface area (Å²) in [6.45, 7) is 4.75. The fraction of sp³-hybridized carbons (Fsp3) is 0.192. The molecule has 2 aromatic carbocycles. The summed E-state index contributed by atoms with van der Waals surface area (Å²) in [5.41, 5.74) is 6.30. The Hall–Kier alpha value is -4.13. The predicted octanol–water partition coefficient (Wildman–Crippen LogP) is 4.29. The van der Waals surface area contributed by atoms with E-state index in [9.17, 15) is 4.79 Å². The van der Waals surface area contributed by atoms with Gasteiger partial charge in [-0.3, -0.25) is 9.78 Å². The zero-order chi connectivity index (χ0) is 22.5. The lowest BCUT2D eigenvalue weighted by molar-refractivity contribution is 0.0730. The third kappa shape index (κ3) is 3.33. The first-order chi connectivity index (χ1) is 16.1. The lowest BCUT2D eigenvalue weighted by Gasteiger charge is -2.19. The molecule has 5 aromatic rings. The van der Waals surface area contributed by atoms with Gasteiger partial charge in [0.1, 0.15) is 0 Å². The number of benzene rings is 2. The first-order valence-electron chi connectivity index (χ1n) is 11.1. The minimum atomic E-state index is 0.0821. The number of rotatable bonds is 4. The highest BCUT2D eigenvalue weighted by molar-refractivity contribution is 5.99. The molecule has 0 saturated heterocycles. The summed E-state index contributed by atoms with van der Waals surface area (Å²) in [5.74, 6) is 0.844. The Morgan fingerprint density at radius 3 is 2.79 bits per heavy atom. The first-order valence-corrected chi connectivity index (χ1v) is 11.1. The molecule has 0 N–H and O–H groups in total. The summed E-state index contributed by atoms with van der Waals surface area (Å²) < 4.78 is 1.79. The normalized spacial score (nSPS) is 13.4. The molecule has 0 fully saturated rings. The molecule has 0 radical (unpaired) electrons. The molecule has 1 aliphatic heterocycles. The van der Waals surface area contributed by atoms with Crippen molar-refractivity contribution in [2.24, 2.45) is 0 Å². The number of carbonyl (C=O) groups is 1. The number of fused-ring (bicyclic) bond motifs is 3. The average Bonchev–Trinajstić information content (AvgIpc) is 3.39. The van der Waals surface area contributed by atoms with Gasteiger partial charge in [0.2, 0.25) is 0 Å². The highest BCUT2D eigenvalue weighted by atomic mass is 16.2. The van der Waals surface area contributed by atoms with Crippen LogP contribution in [-0.2, 0) is 13.0 Å². The minimum absolute atomic E-state index is 0.0821. The van der Waals surface area contributed by atoms with Gasteiger partial charge in [-0.1, -0.05) is 24.3 Å². The maximum atomic E-state index is 12.8. The second kappa shape index (κ2) is 7.48. The summed E-state index contributed by atoms with van der Waals surface area (Å²) >= 11 is 0. The van der Waals surface area contributed by atoms with Gasteiger partial charge < -0.3 is 4.90 Å². The van der Waals surface area contributed by atoms with E-state index in [4.69, 9.17) is 5.10 Å². The third-order valence-electron chi connectivity index (χ3n) is 6.22. The molecule has 1 aliphatic rings. The lowest BCUT2D eigenvalue weighted by Crippen LogP contribution is -2.30. The molecule has 0 aliphatic carbocycles. The topological polar surface area (TPSA) is 76.3 Å². The molecule has 7 heteroatoms. The molecule has 3 aromatic heterocycles. The molecule has 0 saturated carbocycles. The van der Waals surface area contributed by atoms with E-state index in [1.165, 1.54) is 0 Å². The summed E-state index contributed by atoms with van der Waals surface area (Å²) in [6.07, 6.45) is 2.40. The average molecular weight is 435 g/mol. The van der Waals surface area contributed by atoms with Crippen LogP contribution < -0.4 is 0 Å². The highest BCUT2D eigenvalue weighted by Gasteiger charge is 2.29. The zero-order valence-corrected chi connectivity index (χ0v) is 18.4. The van der Waals surface area contributed by atoms with Crippen LogP contribution in [0.5, 0.6) is 0 Å². The Morgan fingerprint density at radius 1 is 1.00 bits per heavy atom. The zero-order valence-electron chi connectivity index (χ0n) is 18.4. The van der Waals surface area contributed by atoms with Crippen LogP contribution in [0.1, 0.15) is 41.2 Å². The Kier molecular flexibility index (Phi) is 4.43. The number of aromatic nitrogens is 5. The van der Waals surface area contributed by atoms with Crippen molar-refractivity contribution in [2.75, 3.05) is 0 Å². The standard InChI is InChI=1S/C26H22N6O/c1-16(2)31-15-20-7-6-19(14-21(20)26(31)33)23-9-10-24-28-29-25(32(24)30-23)13-17-5-8-22-18(12-17)4-3-11-27-22/h3-12,14,16H,13,15H2,1-2H3. The quantitative estimate of drug-likeness (QED) is 0.422. The summed E-state index contributed by atoms with van der Waals surface area (Å²) in [4.78, 5) is 19.1. The Balaban J connectivity index is 1.35. The van der Waals surface area contributed by atoms with Crippen LogP contribution in [-0.4, -0.2) is 41.6 Å². The molecule has 4 heterocycles. The van der Waals surface area contributed by atoms with E-state index < -0.39 is 0 Å². The van der Waals surface area contributed by atoms with E-state index in [2.05, 4.69) is 33.4 Å². The van der Waals surface area contributed by atoms with Gasteiger partial charge in [0.25, 0.3) is 5.91 Å². The van der Waals surface area contributed by atoms with E-state index in [0.29, 0.717) is 18.6 Å². The van der Waals surface area contributed by atoms with Crippen molar-refractivity contribution < 1.29 is 4.79 Å². The van der Waals surface area contributed by atoms with Gasteiger partial charge in [-0.05, 0) is 61.4 Å². The van der Waals surface area contributed by atoms with Gasteiger partial charge >= 0.3 is 0 Å². The molecule has 0 atom stereocenters. The van der Waals surface area contributed by atoms with Crippen molar-refractivity contribution in [3.05, 3.63) is 89.4 Å². The highest BCUT2D eigenvalue weighted by Crippen LogP contribution is 2.29. The van der Waals surface area contributed by atoms with Gasteiger partial charge in [0.15, 0.2) is 11.5 Å². The fourth-order valence-corrected chi connectivity index (χ4v) is 4.41. The van der Waals surface area contributed by atoms with Crippen LogP contribution in [0, 0.1) is 0 Å². The van der Waals surface area contributed by atoms with E-state index in [1.807, 2.05) is 61.2 Å². The monoisotopic (exact) mass is 434 g/mol. The summed E-state index contributed by atoms with van der Waals surface area (Å²) in [5, 5.41) is 14.6. The third-order valence-corrected chi connectivity index (χ3v) is 6.22. The Bertz CT molecular complexity index is 1540. The van der Waals surface area contributed by atoms with Crippen molar-refractivity contribution in [3.8, 4) is 11.3 Å². The molecule has 0 spiro atoms. The number of amides is 1. The number of carbonyl (C=O) groups excluding carboxylic acids is 1. The predicted molar refractivity (Wildman–Crippen MR) is 126 cm³/mol. The second-order valence-corrected chi connectivity index (χ2v) is 8.71. The van der Waals surface area contributed by atoms with Crippen LogP contribution in [0.2, 0.25) is 0 Å². The van der Waals surface area contributed by atoms with Crippen molar-refractivity contribution in [3.63, 3.8) is 0 Å². The van der Waals surface area contributed by atoms with E-state index >= 15 is 0 Å². The first kappa shape index (κ1) is 19.5. The maximum Gasteiger partial charge on any atom is 0.254 e. The van der Waals surface area contributed by atoms with Crippen LogP contribution in [0.3, 0.4) is 0 Å². The molecular weight excluding hydrogens is 412 g/mol. The van der Waals surface area contributed by atoms with Crippen LogP contribution in [0.25, 0.3) is 27.8 Å². The van der Waals surface area contributed by atoms with E-state index in [1.54, 1.807) is 10.7 Å². The maximum absolute atomic E-state index is 12.8. The van der Waals surface area contributed by atoms with Crippen molar-refractivity contribution in [1.82, 2.24) is 29.7 Å². The lowest BCUT2D eigenvalue weighted by atomic mass is 10.0. The van der Waals surface area contributed by atoms with E-state index in [-0.39, 0.29) is 11.9 Å². The van der Waals surface area contributed by atoms with Crippen LogP contribution >= 0.6 is 0 Å². The molecule has 0 bridgehead atoms. The molecule has 0 unspecified atom stereocenters. The number of hydrogen-bond acceptors (Lipinski definition) is 5. The molecule has 7 nitrogen and oxygen atoms in total. The molecule has 162 valence electrons. The van der Waals surface area contributed by atoms with E-state index in [0.717, 1.165) is 44.7 Å². The van der Waals surface area contributed by atoms with Crippen LogP contribution in [0.15, 0.2) is 66.9 Å². The van der Waals surface area contributed by atoms with Gasteiger partial charge in [0, 0.05) is 41.7 Å². The molecular formula is C26H22N6O. The van der Waals surface area contributed by atoms with Crippen molar-refractivity contribution in [1.29, 1.82) is 0 Å². The fourth-order valence-electron chi connectivity index (χ4n) is 4.41. The van der Waals surface area contributed by atoms with Crippen molar-refractivity contribution in [2.45, 2.75) is 32.9 Å². The SMILES string of the molecule is CC(C)N1Cc2ccc(-c3ccc4nnc(Cc5ccc6ncccc6c5)n4n3)cc2C1=O. The van der Waals surface area contributed by atoms with Crippen LogP contribution in [0.4, 0.5) is 0 Å². The summed E-state index contributed by atoms with van der Waals surface area (Å²) in [6, 6.07) is 20.2. The smallest absolute Gasteiger partial charge is 0.254 e. The second-order valence-electron chi connectivity index (χ2n) is 8.71. The van der Waals surface area contributed by atoms with Gasteiger partial charge in [-0.2, -0.15) is 9.61 Å². The summed E-state index contributed by atoms with van der Waals surface area (Å²) in [7, 11) is 0.